The van der Waals surface area contributed by atoms with Gasteiger partial charge in [-0.1, -0.05) is 11.6 Å². The monoisotopic (exact) mass is 340 g/mol. The van der Waals surface area contributed by atoms with Crippen LogP contribution in [0.1, 0.15) is 28.8 Å². The maximum absolute atomic E-state index is 13.3. The van der Waals surface area contributed by atoms with Gasteiger partial charge in [0, 0.05) is 25.5 Å². The summed E-state index contributed by atoms with van der Waals surface area (Å²) in [5.74, 6) is 0.0700. The number of aromatic nitrogens is 1. The summed E-state index contributed by atoms with van der Waals surface area (Å²) in [5, 5.41) is 0. The molecule has 0 aliphatic carbocycles. The number of carbonyl (C=O) groups excluding carboxylic acids is 1. The second-order valence-corrected chi connectivity index (χ2v) is 7.03. The topological polar surface area (TPSA) is 43.7 Å². The second-order valence-electron chi connectivity index (χ2n) is 7.03. The Hall–Kier alpha value is -2.11. The van der Waals surface area contributed by atoms with Gasteiger partial charge in [-0.3, -0.25) is 4.79 Å². The first-order valence-electron chi connectivity index (χ1n) is 8.92. The maximum Gasteiger partial charge on any atom is 0.256 e. The first kappa shape index (κ1) is 16.4. The Morgan fingerprint density at radius 1 is 1.20 bits per heavy atom. The van der Waals surface area contributed by atoms with E-state index in [1.54, 1.807) is 0 Å². The molecular formula is C20H24N2O3. The molecule has 1 atom stereocenters. The largest absolute Gasteiger partial charge is 0.378 e. The van der Waals surface area contributed by atoms with Crippen LogP contribution in [0, 0.1) is 6.92 Å². The van der Waals surface area contributed by atoms with Gasteiger partial charge in [-0.2, -0.15) is 0 Å². The van der Waals surface area contributed by atoms with Crippen molar-refractivity contribution >= 4 is 5.91 Å². The van der Waals surface area contributed by atoms with Crippen LogP contribution < -0.4 is 0 Å². The Kier molecular flexibility index (Phi) is 4.36. The Morgan fingerprint density at radius 2 is 2.04 bits per heavy atom. The molecule has 0 N–H and O–H groups in total. The Bertz CT molecular complexity index is 743. The molecule has 0 saturated carbocycles. The van der Waals surface area contributed by atoms with Gasteiger partial charge in [0.1, 0.15) is 5.60 Å². The highest BCUT2D eigenvalue weighted by atomic mass is 16.5. The Morgan fingerprint density at radius 3 is 2.80 bits per heavy atom. The van der Waals surface area contributed by atoms with E-state index in [1.165, 1.54) is 0 Å². The number of morpholine rings is 1. The quantitative estimate of drug-likeness (QED) is 0.844. The minimum Gasteiger partial charge on any atom is -0.378 e. The van der Waals surface area contributed by atoms with Gasteiger partial charge in [0.05, 0.1) is 31.0 Å². The number of ether oxygens (including phenoxy) is 2. The molecule has 2 aliphatic heterocycles. The summed E-state index contributed by atoms with van der Waals surface area (Å²) in [7, 11) is 0. The second kappa shape index (κ2) is 6.65. The minimum absolute atomic E-state index is 0.0700. The van der Waals surface area contributed by atoms with Crippen molar-refractivity contribution in [3.8, 4) is 5.69 Å². The van der Waals surface area contributed by atoms with Gasteiger partial charge in [-0.25, -0.2) is 0 Å². The van der Waals surface area contributed by atoms with Crippen molar-refractivity contribution < 1.29 is 14.3 Å². The van der Waals surface area contributed by atoms with Crippen molar-refractivity contribution in [1.82, 2.24) is 9.47 Å². The summed E-state index contributed by atoms with van der Waals surface area (Å²) < 4.78 is 13.6. The molecule has 0 bridgehead atoms. The smallest absolute Gasteiger partial charge is 0.256 e. The van der Waals surface area contributed by atoms with Crippen LogP contribution in [-0.2, 0) is 9.47 Å². The lowest BCUT2D eigenvalue weighted by atomic mass is 9.94. The highest BCUT2D eigenvalue weighted by Crippen LogP contribution is 2.29. The van der Waals surface area contributed by atoms with E-state index < -0.39 is 0 Å². The molecule has 2 saturated heterocycles. The molecule has 2 aromatic rings. The predicted molar refractivity (Wildman–Crippen MR) is 95.1 cm³/mol. The van der Waals surface area contributed by atoms with E-state index in [-0.39, 0.29) is 11.5 Å². The standard InChI is InChI=1S/C20H24N2O3/c1-16-5-6-18(21-8-2-3-9-21)17(13-16)19(23)22-10-12-25-20(14-22)7-4-11-24-15-20/h2-3,5-6,8-9,13H,4,7,10-12,14-15H2,1H3. The van der Waals surface area contributed by atoms with Crippen LogP contribution in [0.3, 0.4) is 0 Å². The molecule has 2 fully saturated rings. The van der Waals surface area contributed by atoms with Crippen molar-refractivity contribution in [2.75, 3.05) is 32.9 Å². The molecule has 4 rings (SSSR count). The van der Waals surface area contributed by atoms with E-state index in [0.717, 1.165) is 36.3 Å². The van der Waals surface area contributed by atoms with Crippen LogP contribution in [0.25, 0.3) is 5.69 Å². The molecule has 132 valence electrons. The van der Waals surface area contributed by atoms with Crippen molar-refractivity contribution in [3.05, 3.63) is 53.9 Å². The van der Waals surface area contributed by atoms with Gasteiger partial charge in [-0.15, -0.1) is 0 Å². The van der Waals surface area contributed by atoms with E-state index in [2.05, 4.69) is 0 Å². The van der Waals surface area contributed by atoms with Crippen LogP contribution >= 0.6 is 0 Å². The average molecular weight is 340 g/mol. The van der Waals surface area contributed by atoms with Crippen molar-refractivity contribution in [2.24, 2.45) is 0 Å². The van der Waals surface area contributed by atoms with Gasteiger partial charge < -0.3 is 18.9 Å². The lowest BCUT2D eigenvalue weighted by Crippen LogP contribution is -2.57. The van der Waals surface area contributed by atoms with Crippen LogP contribution in [0.4, 0.5) is 0 Å². The molecule has 2 aliphatic rings. The molecule has 1 spiro atoms. The van der Waals surface area contributed by atoms with Gasteiger partial charge in [-0.05, 0) is 44.0 Å². The average Bonchev–Trinajstić information content (AvgIpc) is 3.16. The number of carbonyl (C=O) groups is 1. The van der Waals surface area contributed by atoms with Crippen LogP contribution in [0.5, 0.6) is 0 Å². The molecular weight excluding hydrogens is 316 g/mol. The first-order chi connectivity index (χ1) is 12.2. The number of hydrogen-bond acceptors (Lipinski definition) is 3. The van der Waals surface area contributed by atoms with Gasteiger partial charge in [0.2, 0.25) is 0 Å². The Balaban J connectivity index is 1.63. The van der Waals surface area contributed by atoms with Crippen molar-refractivity contribution in [1.29, 1.82) is 0 Å². The molecule has 1 aromatic heterocycles. The first-order valence-corrected chi connectivity index (χ1v) is 8.92. The lowest BCUT2D eigenvalue weighted by Gasteiger charge is -2.44. The summed E-state index contributed by atoms with van der Waals surface area (Å²) in [5.41, 5.74) is 2.41. The van der Waals surface area contributed by atoms with Crippen LogP contribution in [0.15, 0.2) is 42.7 Å². The summed E-state index contributed by atoms with van der Waals surface area (Å²) in [6.07, 6.45) is 5.88. The zero-order valence-corrected chi connectivity index (χ0v) is 14.6. The molecule has 1 unspecified atom stereocenters. The van der Waals surface area contributed by atoms with Gasteiger partial charge >= 0.3 is 0 Å². The van der Waals surface area contributed by atoms with Crippen molar-refractivity contribution in [2.45, 2.75) is 25.4 Å². The third kappa shape index (κ3) is 3.22. The van der Waals surface area contributed by atoms with Gasteiger partial charge in [0.15, 0.2) is 0 Å². The number of nitrogens with zero attached hydrogens (tertiary/aromatic N) is 2. The van der Waals surface area contributed by atoms with E-state index >= 15 is 0 Å². The molecule has 0 radical (unpaired) electrons. The zero-order valence-electron chi connectivity index (χ0n) is 14.6. The van der Waals surface area contributed by atoms with Crippen LogP contribution in [-0.4, -0.2) is 53.9 Å². The molecule has 3 heterocycles. The zero-order chi connectivity index (χ0) is 17.3. The van der Waals surface area contributed by atoms with Crippen molar-refractivity contribution in [3.63, 3.8) is 0 Å². The predicted octanol–water partition coefficient (Wildman–Crippen LogP) is 2.81. The molecule has 5 nitrogen and oxygen atoms in total. The third-order valence-corrected chi connectivity index (χ3v) is 5.09. The normalized spacial score (nSPS) is 23.8. The number of rotatable bonds is 2. The van der Waals surface area contributed by atoms with E-state index in [4.69, 9.17) is 9.47 Å². The molecule has 25 heavy (non-hydrogen) atoms. The fraction of sp³-hybridized carbons (Fsp3) is 0.450. The van der Waals surface area contributed by atoms with E-state index in [9.17, 15) is 4.79 Å². The summed E-state index contributed by atoms with van der Waals surface area (Å²) in [6, 6.07) is 9.98. The summed E-state index contributed by atoms with van der Waals surface area (Å²) in [4.78, 5) is 15.2. The molecule has 1 amide bonds. The minimum atomic E-state index is -0.330. The number of aryl methyl sites for hydroxylation is 1. The van der Waals surface area contributed by atoms with Crippen LogP contribution in [0.2, 0.25) is 0 Å². The third-order valence-electron chi connectivity index (χ3n) is 5.09. The maximum atomic E-state index is 13.3. The van der Waals surface area contributed by atoms with E-state index in [1.807, 2.05) is 59.1 Å². The SMILES string of the molecule is Cc1ccc(-n2cccc2)c(C(=O)N2CCOC3(CCCOC3)C2)c1. The summed E-state index contributed by atoms with van der Waals surface area (Å²) >= 11 is 0. The summed E-state index contributed by atoms with van der Waals surface area (Å²) in [6.45, 7) is 5.18. The number of hydrogen-bond donors (Lipinski definition) is 0. The van der Waals surface area contributed by atoms with Gasteiger partial charge in [0.25, 0.3) is 5.91 Å². The fourth-order valence-corrected chi connectivity index (χ4v) is 3.80. The highest BCUT2D eigenvalue weighted by molar-refractivity contribution is 5.98. The molecule has 5 heteroatoms. The highest BCUT2D eigenvalue weighted by Gasteiger charge is 2.40. The molecule has 1 aromatic carbocycles. The van der Waals surface area contributed by atoms with E-state index in [0.29, 0.717) is 26.3 Å². The number of amides is 1. The Labute approximate surface area is 148 Å². The lowest BCUT2D eigenvalue weighted by molar-refractivity contribution is -0.160. The number of benzene rings is 1. The fourth-order valence-electron chi connectivity index (χ4n) is 3.80.